The molecule has 0 radical (unpaired) electrons. The van der Waals surface area contributed by atoms with E-state index in [2.05, 4.69) is 9.71 Å². The topological polar surface area (TPSA) is 84.8 Å². The molecule has 25 heavy (non-hydrogen) atoms. The Kier molecular flexibility index (Phi) is 4.59. The molecular formula is C18H18N2O4S. The van der Waals surface area contributed by atoms with Gasteiger partial charge in [0.1, 0.15) is 4.90 Å². The van der Waals surface area contributed by atoms with Crippen LogP contribution < -0.4 is 5.32 Å². The van der Waals surface area contributed by atoms with Crippen LogP contribution >= 0.6 is 0 Å². The number of rotatable bonds is 4. The Balaban J connectivity index is 1.76. The molecule has 130 valence electrons. The van der Waals surface area contributed by atoms with Crippen molar-refractivity contribution in [1.29, 1.82) is 0 Å². The van der Waals surface area contributed by atoms with E-state index in [9.17, 15) is 13.2 Å². The third-order valence-corrected chi connectivity index (χ3v) is 4.90. The average Bonchev–Trinajstić information content (AvgIpc) is 2.84. The molecule has 0 unspecified atom stereocenters. The molecule has 0 amide bonds. The van der Waals surface area contributed by atoms with E-state index in [1.165, 1.54) is 6.07 Å². The van der Waals surface area contributed by atoms with Crippen molar-refractivity contribution in [2.24, 2.45) is 10.3 Å². The number of anilines is 1. The fraction of sp³-hybridized carbons (Fsp3) is 0.222. The van der Waals surface area contributed by atoms with Gasteiger partial charge in [-0.3, -0.25) is 0 Å². The SMILES string of the molecule is CC(C)COC(=O)c1ccc(NC2=NS(=O)(=O)c3ccccc32)cc1. The second kappa shape index (κ2) is 6.68. The Hall–Kier alpha value is -2.67. The summed E-state index contributed by atoms with van der Waals surface area (Å²) in [6, 6.07) is 13.3. The number of sulfonamides is 1. The number of nitrogens with zero attached hydrogens (tertiary/aromatic N) is 1. The molecule has 3 rings (SSSR count). The Morgan fingerprint density at radius 2 is 1.80 bits per heavy atom. The monoisotopic (exact) mass is 358 g/mol. The lowest BCUT2D eigenvalue weighted by Gasteiger charge is -2.09. The number of carbonyl (C=O) groups excluding carboxylic acids is 1. The van der Waals surface area contributed by atoms with Crippen molar-refractivity contribution in [2.75, 3.05) is 11.9 Å². The van der Waals surface area contributed by atoms with Crippen molar-refractivity contribution in [1.82, 2.24) is 0 Å². The zero-order valence-electron chi connectivity index (χ0n) is 13.9. The van der Waals surface area contributed by atoms with Crippen molar-refractivity contribution in [2.45, 2.75) is 18.7 Å². The highest BCUT2D eigenvalue weighted by molar-refractivity contribution is 7.90. The van der Waals surface area contributed by atoms with Gasteiger partial charge >= 0.3 is 5.97 Å². The number of hydrogen-bond donors (Lipinski definition) is 1. The molecule has 6 nitrogen and oxygen atoms in total. The molecule has 0 saturated carbocycles. The summed E-state index contributed by atoms with van der Waals surface area (Å²) in [5, 5.41) is 2.99. The lowest BCUT2D eigenvalue weighted by molar-refractivity contribution is 0.0459. The minimum absolute atomic E-state index is 0.186. The van der Waals surface area contributed by atoms with Gasteiger partial charge in [-0.05, 0) is 42.3 Å². The van der Waals surface area contributed by atoms with Crippen LogP contribution in [0.4, 0.5) is 5.69 Å². The second-order valence-electron chi connectivity index (χ2n) is 6.11. The quantitative estimate of drug-likeness (QED) is 0.849. The largest absolute Gasteiger partial charge is 0.462 e. The molecule has 0 spiro atoms. The van der Waals surface area contributed by atoms with Gasteiger partial charge in [-0.2, -0.15) is 8.42 Å². The van der Waals surface area contributed by atoms with Crippen molar-refractivity contribution in [3.63, 3.8) is 0 Å². The first-order chi connectivity index (χ1) is 11.9. The Morgan fingerprint density at radius 1 is 1.12 bits per heavy atom. The molecule has 1 N–H and O–H groups in total. The smallest absolute Gasteiger partial charge is 0.338 e. The van der Waals surface area contributed by atoms with Gasteiger partial charge in [0.2, 0.25) is 0 Å². The summed E-state index contributed by atoms with van der Waals surface area (Å²) in [6.07, 6.45) is 0. The first-order valence-corrected chi connectivity index (χ1v) is 9.29. The van der Waals surface area contributed by atoms with Crippen molar-refractivity contribution in [3.05, 3.63) is 59.7 Å². The van der Waals surface area contributed by atoms with Crippen molar-refractivity contribution < 1.29 is 17.9 Å². The van der Waals surface area contributed by atoms with Gasteiger partial charge in [0.15, 0.2) is 5.84 Å². The molecule has 0 atom stereocenters. The van der Waals surface area contributed by atoms with E-state index in [-0.39, 0.29) is 22.6 Å². The Labute approximate surface area is 146 Å². The molecule has 7 heteroatoms. The minimum Gasteiger partial charge on any atom is -0.462 e. The van der Waals surface area contributed by atoms with Gasteiger partial charge in [0.05, 0.1) is 12.2 Å². The van der Waals surface area contributed by atoms with Crippen LogP contribution in [0.25, 0.3) is 0 Å². The fourth-order valence-electron chi connectivity index (χ4n) is 2.35. The maximum Gasteiger partial charge on any atom is 0.338 e. The van der Waals surface area contributed by atoms with Crippen LogP contribution in [0.5, 0.6) is 0 Å². The number of fused-ring (bicyclic) bond motifs is 1. The summed E-state index contributed by atoms with van der Waals surface area (Å²) in [5.41, 5.74) is 1.60. The molecular weight excluding hydrogens is 340 g/mol. The number of amidine groups is 1. The minimum atomic E-state index is -3.66. The van der Waals surface area contributed by atoms with Crippen molar-refractivity contribution in [3.8, 4) is 0 Å². The molecule has 2 aromatic rings. The summed E-state index contributed by atoms with van der Waals surface area (Å²) in [7, 11) is -3.66. The van der Waals surface area contributed by atoms with Crippen molar-refractivity contribution >= 4 is 27.5 Å². The molecule has 0 aromatic heterocycles. The van der Waals surface area contributed by atoms with Gasteiger partial charge < -0.3 is 10.1 Å². The van der Waals surface area contributed by atoms with Gasteiger partial charge in [-0.15, -0.1) is 4.40 Å². The molecule has 0 saturated heterocycles. The lowest BCUT2D eigenvalue weighted by Crippen LogP contribution is -2.12. The maximum atomic E-state index is 12.0. The van der Waals surface area contributed by atoms with Crippen LogP contribution in [-0.4, -0.2) is 26.8 Å². The summed E-state index contributed by atoms with van der Waals surface area (Å²) in [5.74, 6) is 0.157. The number of hydrogen-bond acceptors (Lipinski definition) is 5. The number of carbonyl (C=O) groups is 1. The first-order valence-electron chi connectivity index (χ1n) is 7.85. The molecule has 0 bridgehead atoms. The second-order valence-corrected chi connectivity index (χ2v) is 7.68. The molecule has 0 fully saturated rings. The van der Waals surface area contributed by atoms with Gasteiger partial charge in [-0.1, -0.05) is 26.0 Å². The van der Waals surface area contributed by atoms with Gasteiger partial charge in [0.25, 0.3) is 10.0 Å². The fourth-order valence-corrected chi connectivity index (χ4v) is 3.52. The molecule has 2 aromatic carbocycles. The normalized spacial score (nSPS) is 14.8. The lowest BCUT2D eigenvalue weighted by atomic mass is 10.1. The number of esters is 1. The average molecular weight is 358 g/mol. The molecule has 0 aliphatic carbocycles. The van der Waals surface area contributed by atoms with E-state index in [0.717, 1.165) is 0 Å². The maximum absolute atomic E-state index is 12.0. The van der Waals surface area contributed by atoms with E-state index in [4.69, 9.17) is 4.74 Å². The first kappa shape index (κ1) is 17.2. The van der Waals surface area contributed by atoms with Gasteiger partial charge in [0, 0.05) is 11.3 Å². The van der Waals surface area contributed by atoms with Crippen LogP contribution in [0.2, 0.25) is 0 Å². The summed E-state index contributed by atoms with van der Waals surface area (Å²) in [6.45, 7) is 4.30. The predicted octanol–water partition coefficient (Wildman–Crippen LogP) is 3.06. The summed E-state index contributed by atoms with van der Waals surface area (Å²) in [4.78, 5) is 12.1. The van der Waals surface area contributed by atoms with Crippen LogP contribution in [0.1, 0.15) is 29.8 Å². The predicted molar refractivity (Wildman–Crippen MR) is 95.4 cm³/mol. The van der Waals surface area contributed by atoms with E-state index in [1.54, 1.807) is 42.5 Å². The van der Waals surface area contributed by atoms with E-state index < -0.39 is 10.0 Å². The number of ether oxygens (including phenoxy) is 1. The Morgan fingerprint density at radius 3 is 2.48 bits per heavy atom. The summed E-state index contributed by atoms with van der Waals surface area (Å²) < 4.78 is 33.0. The number of benzene rings is 2. The van der Waals surface area contributed by atoms with Crippen LogP contribution in [0.15, 0.2) is 57.8 Å². The third kappa shape index (κ3) is 3.71. The van der Waals surface area contributed by atoms with E-state index in [1.807, 2.05) is 13.8 Å². The highest BCUT2D eigenvalue weighted by Gasteiger charge is 2.28. The van der Waals surface area contributed by atoms with Crippen LogP contribution in [0.3, 0.4) is 0 Å². The molecule has 1 heterocycles. The highest BCUT2D eigenvalue weighted by atomic mass is 32.2. The third-order valence-electron chi connectivity index (χ3n) is 3.56. The highest BCUT2D eigenvalue weighted by Crippen LogP contribution is 2.26. The zero-order valence-corrected chi connectivity index (χ0v) is 14.7. The molecule has 1 aliphatic heterocycles. The molecule has 1 aliphatic rings. The van der Waals surface area contributed by atoms with E-state index >= 15 is 0 Å². The standard InChI is InChI=1S/C18H18N2O4S/c1-12(2)11-24-18(21)13-7-9-14(10-8-13)19-17-15-5-3-4-6-16(15)25(22,23)20-17/h3-10,12H,11H2,1-2H3,(H,19,20). The summed E-state index contributed by atoms with van der Waals surface area (Å²) >= 11 is 0. The van der Waals surface area contributed by atoms with Gasteiger partial charge in [-0.25, -0.2) is 4.79 Å². The zero-order chi connectivity index (χ0) is 18.0. The Bertz CT molecular complexity index is 932. The van der Waals surface area contributed by atoms with Crippen LogP contribution in [-0.2, 0) is 14.8 Å². The number of nitrogens with one attached hydrogen (secondary N) is 1. The van der Waals surface area contributed by atoms with Crippen LogP contribution in [0, 0.1) is 5.92 Å². The van der Waals surface area contributed by atoms with E-state index in [0.29, 0.717) is 23.4 Å².